The van der Waals surface area contributed by atoms with Gasteiger partial charge < -0.3 is 0 Å². The van der Waals surface area contributed by atoms with E-state index in [0.29, 0.717) is 11.8 Å². The smallest absolute Gasteiger partial charge is 0.0343 e. The van der Waals surface area contributed by atoms with Crippen LogP contribution in [0.4, 0.5) is 0 Å². The second-order valence-corrected chi connectivity index (χ2v) is 6.25. The zero-order valence-corrected chi connectivity index (χ0v) is 13.3. The predicted molar refractivity (Wildman–Crippen MR) is 97.6 cm³/mol. The highest BCUT2D eigenvalue weighted by atomic mass is 14.3. The Morgan fingerprint density at radius 1 is 0.652 bits per heavy atom. The molecule has 0 aromatic heterocycles. The summed E-state index contributed by atoms with van der Waals surface area (Å²) in [6.45, 7) is 2.29. The van der Waals surface area contributed by atoms with E-state index in [1.165, 1.54) is 27.8 Å². The fourth-order valence-electron chi connectivity index (χ4n) is 3.70. The summed E-state index contributed by atoms with van der Waals surface area (Å²) in [5, 5.41) is 0. The molecule has 0 bridgehead atoms. The van der Waals surface area contributed by atoms with Crippen molar-refractivity contribution >= 4 is 5.57 Å². The molecule has 0 aliphatic heterocycles. The molecule has 3 aromatic carbocycles. The minimum atomic E-state index is 0.295. The topological polar surface area (TPSA) is 0 Å². The van der Waals surface area contributed by atoms with Gasteiger partial charge in [0.2, 0.25) is 0 Å². The van der Waals surface area contributed by atoms with Crippen LogP contribution in [-0.4, -0.2) is 0 Å². The molecule has 0 heterocycles. The Kier molecular flexibility index (Phi) is 3.59. The number of hydrogen-bond donors (Lipinski definition) is 0. The van der Waals surface area contributed by atoms with Crippen LogP contribution in [0.3, 0.4) is 0 Å². The van der Waals surface area contributed by atoms with E-state index in [1.54, 1.807) is 0 Å². The van der Waals surface area contributed by atoms with E-state index in [-0.39, 0.29) is 0 Å². The second kappa shape index (κ2) is 5.89. The van der Waals surface area contributed by atoms with Crippen LogP contribution >= 0.6 is 0 Å². The van der Waals surface area contributed by atoms with Crippen LogP contribution in [0.2, 0.25) is 0 Å². The molecule has 3 aromatic rings. The third-order valence-corrected chi connectivity index (χ3v) is 4.77. The zero-order chi connectivity index (χ0) is 15.6. The van der Waals surface area contributed by atoms with E-state index in [9.17, 15) is 0 Å². The maximum absolute atomic E-state index is 2.44. The van der Waals surface area contributed by atoms with Gasteiger partial charge >= 0.3 is 0 Å². The first-order valence-corrected chi connectivity index (χ1v) is 8.25. The summed E-state index contributed by atoms with van der Waals surface area (Å²) in [5.41, 5.74) is 6.99. The first-order chi connectivity index (χ1) is 11.3. The van der Waals surface area contributed by atoms with Crippen molar-refractivity contribution in [3.63, 3.8) is 0 Å². The lowest BCUT2D eigenvalue weighted by atomic mass is 9.82. The average Bonchev–Trinajstić information content (AvgIpc) is 2.94. The number of hydrogen-bond acceptors (Lipinski definition) is 0. The summed E-state index contributed by atoms with van der Waals surface area (Å²) >= 11 is 0. The minimum Gasteiger partial charge on any atom is -0.0725 e. The highest BCUT2D eigenvalue weighted by molar-refractivity contribution is 5.81. The molecule has 1 atom stereocenters. The maximum atomic E-state index is 2.44. The van der Waals surface area contributed by atoms with E-state index in [1.807, 2.05) is 0 Å². The van der Waals surface area contributed by atoms with Crippen LogP contribution in [0.15, 0.2) is 91.0 Å². The van der Waals surface area contributed by atoms with E-state index >= 15 is 0 Å². The molecule has 1 aliphatic carbocycles. The summed E-state index contributed by atoms with van der Waals surface area (Å²) in [4.78, 5) is 0. The van der Waals surface area contributed by atoms with Gasteiger partial charge in [-0.05, 0) is 27.8 Å². The van der Waals surface area contributed by atoms with Crippen molar-refractivity contribution in [3.05, 3.63) is 113 Å². The molecule has 0 saturated carbocycles. The number of allylic oxidation sites excluding steroid dienone is 2. The summed E-state index contributed by atoms with van der Waals surface area (Å²) in [6.07, 6.45) is 2.44. The molecule has 0 nitrogen and oxygen atoms in total. The molecule has 112 valence electrons. The quantitative estimate of drug-likeness (QED) is 0.554. The van der Waals surface area contributed by atoms with E-state index in [4.69, 9.17) is 0 Å². The summed E-state index contributed by atoms with van der Waals surface area (Å²) in [6, 6.07) is 30.5. The first kappa shape index (κ1) is 14.0. The van der Waals surface area contributed by atoms with Gasteiger partial charge in [-0.1, -0.05) is 97.9 Å². The van der Waals surface area contributed by atoms with Crippen molar-refractivity contribution in [2.75, 3.05) is 0 Å². The van der Waals surface area contributed by atoms with Gasteiger partial charge in [0.15, 0.2) is 0 Å². The fraction of sp³-hybridized carbons (Fsp3) is 0.130. The fourth-order valence-corrected chi connectivity index (χ4v) is 3.70. The second-order valence-electron chi connectivity index (χ2n) is 6.25. The standard InChI is InChI=1S/C23H20/c1-17-16-22(21-15-9-8-14-20(17)21)23(18-10-4-2-5-11-18)19-12-6-3-7-13-19/h2-17,23H,1H3. The summed E-state index contributed by atoms with van der Waals surface area (Å²) < 4.78 is 0. The van der Waals surface area contributed by atoms with Crippen LogP contribution in [0.25, 0.3) is 5.57 Å². The van der Waals surface area contributed by atoms with Gasteiger partial charge in [-0.15, -0.1) is 0 Å². The van der Waals surface area contributed by atoms with Crippen molar-refractivity contribution in [3.8, 4) is 0 Å². The highest BCUT2D eigenvalue weighted by Gasteiger charge is 2.27. The SMILES string of the molecule is CC1C=C(C(c2ccccc2)c2ccccc2)c2ccccc21. The average molecular weight is 296 g/mol. The van der Waals surface area contributed by atoms with Crippen LogP contribution < -0.4 is 0 Å². The Bertz CT molecular complexity index is 789. The van der Waals surface area contributed by atoms with Crippen LogP contribution in [-0.2, 0) is 0 Å². The van der Waals surface area contributed by atoms with Gasteiger partial charge in [0.25, 0.3) is 0 Å². The normalized spacial score (nSPS) is 16.3. The zero-order valence-electron chi connectivity index (χ0n) is 13.3. The van der Waals surface area contributed by atoms with E-state index < -0.39 is 0 Å². The Labute approximate surface area is 138 Å². The number of benzene rings is 3. The molecule has 0 fully saturated rings. The molecule has 0 amide bonds. The van der Waals surface area contributed by atoms with Crippen LogP contribution in [0.1, 0.15) is 41.0 Å². The van der Waals surface area contributed by atoms with Crippen LogP contribution in [0, 0.1) is 0 Å². The maximum Gasteiger partial charge on any atom is 0.0343 e. The predicted octanol–water partition coefficient (Wildman–Crippen LogP) is 6.02. The summed E-state index contributed by atoms with van der Waals surface area (Å²) in [7, 11) is 0. The molecule has 23 heavy (non-hydrogen) atoms. The molecule has 1 unspecified atom stereocenters. The van der Waals surface area contributed by atoms with Gasteiger partial charge in [-0.2, -0.15) is 0 Å². The molecular weight excluding hydrogens is 276 g/mol. The lowest BCUT2D eigenvalue weighted by Gasteiger charge is -2.21. The Morgan fingerprint density at radius 2 is 1.17 bits per heavy atom. The molecule has 0 N–H and O–H groups in total. The lowest BCUT2D eigenvalue weighted by Crippen LogP contribution is -2.03. The Balaban J connectivity index is 1.89. The molecule has 4 rings (SSSR count). The Hall–Kier alpha value is -2.60. The van der Waals surface area contributed by atoms with Gasteiger partial charge in [-0.3, -0.25) is 0 Å². The molecule has 1 aliphatic rings. The van der Waals surface area contributed by atoms with E-state index in [2.05, 4.69) is 97.9 Å². The first-order valence-electron chi connectivity index (χ1n) is 8.25. The monoisotopic (exact) mass is 296 g/mol. The largest absolute Gasteiger partial charge is 0.0725 e. The molecule has 0 spiro atoms. The third kappa shape index (κ3) is 2.51. The van der Waals surface area contributed by atoms with Crippen molar-refractivity contribution < 1.29 is 0 Å². The molecular formula is C23H20. The summed E-state index contributed by atoms with van der Waals surface area (Å²) in [5.74, 6) is 0.777. The van der Waals surface area contributed by atoms with Gasteiger partial charge in [0.1, 0.15) is 0 Å². The van der Waals surface area contributed by atoms with Crippen molar-refractivity contribution in [1.29, 1.82) is 0 Å². The Morgan fingerprint density at radius 3 is 1.78 bits per heavy atom. The van der Waals surface area contributed by atoms with E-state index in [0.717, 1.165) is 0 Å². The molecule has 0 radical (unpaired) electrons. The molecule has 0 heteroatoms. The number of rotatable bonds is 3. The number of fused-ring (bicyclic) bond motifs is 1. The third-order valence-electron chi connectivity index (χ3n) is 4.77. The van der Waals surface area contributed by atoms with Crippen LogP contribution in [0.5, 0.6) is 0 Å². The van der Waals surface area contributed by atoms with Gasteiger partial charge in [0.05, 0.1) is 0 Å². The van der Waals surface area contributed by atoms with Crippen molar-refractivity contribution in [1.82, 2.24) is 0 Å². The minimum absolute atomic E-state index is 0.295. The lowest BCUT2D eigenvalue weighted by molar-refractivity contribution is 0.987. The van der Waals surface area contributed by atoms with Gasteiger partial charge in [0, 0.05) is 11.8 Å². The van der Waals surface area contributed by atoms with Crippen molar-refractivity contribution in [2.24, 2.45) is 0 Å². The molecule has 0 saturated heterocycles. The van der Waals surface area contributed by atoms with Gasteiger partial charge in [-0.25, -0.2) is 0 Å². The van der Waals surface area contributed by atoms with Crippen molar-refractivity contribution in [2.45, 2.75) is 18.8 Å². The highest BCUT2D eigenvalue weighted by Crippen LogP contribution is 2.45.